The zero-order valence-corrected chi connectivity index (χ0v) is 39.0. The number of imidazole rings is 1. The maximum absolute atomic E-state index is 9.05. The van der Waals surface area contributed by atoms with Gasteiger partial charge in [0.25, 0.3) is 6.33 Å². The number of benzene rings is 9. The summed E-state index contributed by atoms with van der Waals surface area (Å²) in [6, 6.07) is 50.7. The Kier molecular flexibility index (Phi) is 8.17. The molecule has 0 radical (unpaired) electrons. The molecule has 0 saturated carbocycles. The van der Waals surface area contributed by atoms with Gasteiger partial charge in [-0.3, -0.25) is 4.57 Å². The Morgan fingerprint density at radius 1 is 0.565 bits per heavy atom. The number of hydrogen-bond acceptors (Lipinski definition) is 2. The second kappa shape index (κ2) is 17.4. The molecule has 0 aliphatic carbocycles. The minimum absolute atomic E-state index is 0. The van der Waals surface area contributed by atoms with Gasteiger partial charge in [0.2, 0.25) is 0 Å². The molecule has 332 valence electrons. The molecule has 0 bridgehead atoms. The van der Waals surface area contributed by atoms with Crippen LogP contribution in [0.2, 0.25) is 0 Å². The predicted molar refractivity (Wildman–Crippen MR) is 275 cm³/mol. The van der Waals surface area contributed by atoms with E-state index in [0.717, 1.165) is 56.3 Å². The van der Waals surface area contributed by atoms with Crippen molar-refractivity contribution in [2.75, 3.05) is 0 Å². The van der Waals surface area contributed by atoms with Gasteiger partial charge in [0.1, 0.15) is 5.82 Å². The molecule has 4 aromatic heterocycles. The molecule has 0 saturated heterocycles. The fraction of sp³-hybridized carbons (Fsp3) is 0.0323. The van der Waals surface area contributed by atoms with Crippen molar-refractivity contribution in [2.45, 2.75) is 13.3 Å². The summed E-state index contributed by atoms with van der Waals surface area (Å²) < 4.78 is 102. The van der Waals surface area contributed by atoms with Crippen molar-refractivity contribution in [3.63, 3.8) is 0 Å². The first-order valence-corrected chi connectivity index (χ1v) is 22.2. The number of aromatic nitrogens is 5. The number of fused-ring (bicyclic) bond motifs is 7. The van der Waals surface area contributed by atoms with Crippen LogP contribution in [0.15, 0.2) is 218 Å². The molecule has 13 aromatic rings. The van der Waals surface area contributed by atoms with Crippen molar-refractivity contribution in [3.8, 4) is 56.6 Å². The van der Waals surface area contributed by atoms with Crippen LogP contribution in [0.4, 0.5) is 0 Å². The average molecular weight is 1080 g/mol. The normalized spacial score (nSPS) is 13.5. The molecule has 4 heterocycles. The first kappa shape index (κ1) is 32.4. The molecule has 6 nitrogen and oxygen atoms in total. The first-order chi connectivity index (χ1) is 37.8. The minimum Gasteiger partial charge on any atom is -0.510 e. The van der Waals surface area contributed by atoms with Crippen LogP contribution < -0.4 is 9.30 Å². The second-order valence-corrected chi connectivity index (χ2v) is 16.3. The summed E-state index contributed by atoms with van der Waals surface area (Å²) >= 11 is 0. The van der Waals surface area contributed by atoms with Crippen molar-refractivity contribution < 1.29 is 44.1 Å². The molecular weight excluding hydrogens is 1030 g/mol. The molecule has 0 fully saturated rings. The van der Waals surface area contributed by atoms with Crippen LogP contribution in [0, 0.1) is 18.5 Å². The third-order valence-corrected chi connectivity index (χ3v) is 12.5. The van der Waals surface area contributed by atoms with Crippen LogP contribution in [-0.2, 0) is 27.5 Å². The topological polar surface area (TPSA) is 40.8 Å². The van der Waals surface area contributed by atoms with Crippen LogP contribution >= 0.6 is 0 Å². The van der Waals surface area contributed by atoms with Crippen LogP contribution in [0.25, 0.3) is 99.8 Å². The predicted octanol–water partition coefficient (Wildman–Crippen LogP) is 14.6. The monoisotopic (exact) mass is 1080 g/mol. The number of para-hydroxylation sites is 5. The Morgan fingerprint density at radius 3 is 1.91 bits per heavy atom. The van der Waals surface area contributed by atoms with Crippen LogP contribution in [0.3, 0.4) is 0 Å². The largest absolute Gasteiger partial charge is 0.510 e. The average Bonchev–Trinajstić information content (AvgIpc) is 4.38. The van der Waals surface area contributed by atoms with E-state index in [9.17, 15) is 0 Å². The molecule has 0 aliphatic rings. The number of pyridine rings is 1. The van der Waals surface area contributed by atoms with E-state index in [4.69, 9.17) is 23.4 Å². The summed E-state index contributed by atoms with van der Waals surface area (Å²) in [6.45, 7) is 2.12. The third-order valence-electron chi connectivity index (χ3n) is 12.5. The number of ether oxygens (including phenoxy) is 1. The maximum atomic E-state index is 9.05. The van der Waals surface area contributed by atoms with Crippen molar-refractivity contribution in [1.82, 2.24) is 18.7 Å². The molecule has 7 heteroatoms. The molecule has 0 aliphatic heterocycles. The summed E-state index contributed by atoms with van der Waals surface area (Å²) in [6.07, 6.45) is 6.08. The van der Waals surface area contributed by atoms with E-state index in [1.807, 2.05) is 60.8 Å². The Bertz CT molecular complexity index is 4490. The number of hydrogen-bond donors (Lipinski definition) is 0. The van der Waals surface area contributed by atoms with Crippen LogP contribution in [0.5, 0.6) is 11.5 Å². The smallest absolute Gasteiger partial charge is 0.268 e. The van der Waals surface area contributed by atoms with Crippen LogP contribution in [0.1, 0.15) is 26.2 Å². The van der Waals surface area contributed by atoms with Gasteiger partial charge in [-0.2, -0.15) is 18.2 Å². The van der Waals surface area contributed by atoms with E-state index in [1.54, 1.807) is 33.4 Å². The Morgan fingerprint density at radius 2 is 1.20 bits per heavy atom. The first-order valence-electron chi connectivity index (χ1n) is 27.2. The summed E-state index contributed by atoms with van der Waals surface area (Å²) in [5.41, 5.74) is 7.85. The summed E-state index contributed by atoms with van der Waals surface area (Å²) in [7, 11) is 0. The molecule has 0 spiro atoms. The molecule has 9 aromatic carbocycles. The third kappa shape index (κ3) is 7.15. The maximum Gasteiger partial charge on any atom is 0.268 e. The summed E-state index contributed by atoms with van der Waals surface area (Å²) in [4.78, 5) is 4.87. The van der Waals surface area contributed by atoms with Gasteiger partial charge in [0.05, 0.1) is 41.5 Å². The number of aryl methyl sites for hydroxylation is 1. The zero-order chi connectivity index (χ0) is 53.8. The molecule has 0 amide bonds. The fourth-order valence-corrected chi connectivity index (χ4v) is 9.46. The molecule has 13 rings (SSSR count). The van der Waals surface area contributed by atoms with E-state index in [2.05, 4.69) is 107 Å². The number of nitrogens with zero attached hydrogens (tertiary/aromatic N) is 5. The van der Waals surface area contributed by atoms with Gasteiger partial charge in [-0.05, 0) is 87.8 Å². The van der Waals surface area contributed by atoms with Crippen molar-refractivity contribution in [1.29, 1.82) is 0 Å². The molecule has 0 N–H and O–H groups in total. The molecular formula is C62H41N5OPt-2. The van der Waals surface area contributed by atoms with Crippen molar-refractivity contribution in [2.24, 2.45) is 0 Å². The standard InChI is InChI=1S/C62H41N5O.Pt/c1-2-42-35-36-63-61(37-42)67-57-34-31-46(66-55-27-11-9-23-51(55)52-24-10-12-28-56(52)66)39-54(57)53-33-32-48(40-60(53)67)68-47-22-15-21-45(38-47)64-41-65(59-30-14-13-29-58(59)64)62-49(43-17-5-3-6-18-43)25-16-26-50(62)44-19-7-4-8-20-44;/h3-37,39H,2H2,1H3;/q-2;/i3D,4D,5D,6D,7D,8D,17D,18D,19D,20D;. The van der Waals surface area contributed by atoms with E-state index in [0.29, 0.717) is 28.2 Å². The minimum atomic E-state index is -0.575. The number of rotatable bonds is 9. The van der Waals surface area contributed by atoms with E-state index in [-0.39, 0.29) is 49.0 Å². The zero-order valence-electron chi connectivity index (χ0n) is 46.7. The van der Waals surface area contributed by atoms with Gasteiger partial charge in [0.15, 0.2) is 0 Å². The van der Waals surface area contributed by atoms with Crippen LogP contribution in [-0.4, -0.2) is 18.7 Å². The van der Waals surface area contributed by atoms with Gasteiger partial charge < -0.3 is 18.4 Å². The Labute approximate surface area is 427 Å². The van der Waals surface area contributed by atoms with Gasteiger partial charge in [0, 0.05) is 60.7 Å². The van der Waals surface area contributed by atoms with Crippen molar-refractivity contribution >= 4 is 54.6 Å². The molecule has 0 unspecified atom stereocenters. The summed E-state index contributed by atoms with van der Waals surface area (Å²) in [5.74, 6) is 1.51. The van der Waals surface area contributed by atoms with Crippen molar-refractivity contribution in [3.05, 3.63) is 242 Å². The summed E-state index contributed by atoms with van der Waals surface area (Å²) in [5, 5.41) is 4.31. The Hall–Kier alpha value is -8.31. The Balaban J connectivity index is 0.00000623. The van der Waals surface area contributed by atoms with E-state index in [1.165, 1.54) is 10.8 Å². The van der Waals surface area contributed by atoms with Gasteiger partial charge in [-0.25, -0.2) is 4.98 Å². The quantitative estimate of drug-likeness (QED) is 0.107. The molecule has 69 heavy (non-hydrogen) atoms. The van der Waals surface area contributed by atoms with E-state index < -0.39 is 60.4 Å². The SMILES string of the molecule is [2H]c1c([2H])c([2H])c(-c2cccc(-c3c([2H])c([2H])c([2H])c([2H])c3[2H])c2-[n+]2[c-]n(-c3[c-]c(Oc4[c-]c5c(cc4)c4cc(-n6c7ccccc7c7ccccc76)ccc4n5-c4cc(CC)ccn4)ccc3)c3ccccc32)c([2H])c1[2H].[Pt]. The van der Waals surface area contributed by atoms with E-state index >= 15 is 0 Å². The second-order valence-electron chi connectivity index (χ2n) is 16.3. The van der Waals surface area contributed by atoms with Gasteiger partial charge >= 0.3 is 0 Å². The van der Waals surface area contributed by atoms with Gasteiger partial charge in [-0.15, -0.1) is 29.7 Å². The fourth-order valence-electron chi connectivity index (χ4n) is 9.46. The van der Waals surface area contributed by atoms with Gasteiger partial charge in [-0.1, -0.05) is 152 Å². The molecule has 0 atom stereocenters.